The highest BCUT2D eigenvalue weighted by Gasteiger charge is 2.31. The van der Waals surface area contributed by atoms with Gasteiger partial charge in [0.15, 0.2) is 0 Å². The van der Waals surface area contributed by atoms with E-state index < -0.39 is 24.1 Å². The Labute approximate surface area is 88.3 Å². The summed E-state index contributed by atoms with van der Waals surface area (Å²) in [6.07, 6.45) is -6.73. The fraction of sp³-hybridized carbons (Fsp3) is 0.444. The van der Waals surface area contributed by atoms with Crippen LogP contribution in [0.5, 0.6) is 0 Å². The Morgan fingerprint density at radius 1 is 1.25 bits per heavy atom. The first kappa shape index (κ1) is 12.8. The van der Waals surface area contributed by atoms with E-state index >= 15 is 0 Å². The van der Waals surface area contributed by atoms with Crippen molar-refractivity contribution in [1.82, 2.24) is 4.98 Å². The second-order valence-corrected chi connectivity index (χ2v) is 3.15. The fourth-order valence-corrected chi connectivity index (χ4v) is 1.15. The molecule has 0 bridgehead atoms. The number of hydrogen-bond donors (Lipinski definition) is 1. The normalized spacial score (nSPS) is 14.2. The molecule has 0 amide bonds. The van der Waals surface area contributed by atoms with Crippen LogP contribution in [-0.4, -0.2) is 18.0 Å². The summed E-state index contributed by atoms with van der Waals surface area (Å²) in [7, 11) is 0. The van der Waals surface area contributed by atoms with Crippen LogP contribution in [-0.2, 0) is 6.18 Å². The van der Waals surface area contributed by atoms with Gasteiger partial charge in [-0.2, -0.15) is 13.2 Å². The standard InChI is InChI=1S/C9H9F5N2/c10-8(11)6(3-15)7-2-1-5(4-16-7)9(12,13)14/h1-2,4,6,8H,3,15H2. The van der Waals surface area contributed by atoms with Crippen LogP contribution >= 0.6 is 0 Å². The molecule has 0 aliphatic rings. The Hall–Kier alpha value is -1.24. The van der Waals surface area contributed by atoms with Gasteiger partial charge in [-0.3, -0.25) is 4.98 Å². The van der Waals surface area contributed by atoms with Crippen LogP contribution in [0.25, 0.3) is 0 Å². The maximum atomic E-state index is 12.4. The summed E-state index contributed by atoms with van der Waals surface area (Å²) in [6, 6.07) is 1.64. The molecular weight excluding hydrogens is 231 g/mol. The Kier molecular flexibility index (Phi) is 3.79. The van der Waals surface area contributed by atoms with Crippen molar-refractivity contribution >= 4 is 0 Å². The zero-order chi connectivity index (χ0) is 12.3. The zero-order valence-electron chi connectivity index (χ0n) is 8.01. The first-order chi connectivity index (χ1) is 7.36. The van der Waals surface area contributed by atoms with Crippen LogP contribution < -0.4 is 5.73 Å². The molecule has 0 aliphatic heterocycles. The third kappa shape index (κ3) is 2.88. The number of hydrogen-bond acceptors (Lipinski definition) is 2. The second kappa shape index (κ2) is 4.73. The lowest BCUT2D eigenvalue weighted by molar-refractivity contribution is -0.137. The van der Waals surface area contributed by atoms with Gasteiger partial charge in [0.05, 0.1) is 17.2 Å². The first-order valence-electron chi connectivity index (χ1n) is 4.37. The van der Waals surface area contributed by atoms with Crippen LogP contribution in [0.1, 0.15) is 17.2 Å². The summed E-state index contributed by atoms with van der Waals surface area (Å²) in [5.74, 6) is -1.33. The Bertz CT molecular complexity index is 333. The molecule has 2 nitrogen and oxygen atoms in total. The number of pyridine rings is 1. The first-order valence-corrected chi connectivity index (χ1v) is 4.37. The Morgan fingerprint density at radius 2 is 1.88 bits per heavy atom. The molecule has 0 radical (unpaired) electrons. The molecule has 0 aromatic carbocycles. The van der Waals surface area contributed by atoms with Crippen molar-refractivity contribution in [2.75, 3.05) is 6.54 Å². The summed E-state index contributed by atoms with van der Waals surface area (Å²) in [6.45, 7) is -0.365. The minimum absolute atomic E-state index is 0.134. The molecule has 1 atom stereocenters. The van der Waals surface area contributed by atoms with E-state index in [1.54, 1.807) is 0 Å². The highest BCUT2D eigenvalue weighted by Crippen LogP contribution is 2.29. The van der Waals surface area contributed by atoms with Crippen LogP contribution in [0.15, 0.2) is 18.3 Å². The lowest BCUT2D eigenvalue weighted by Crippen LogP contribution is -2.21. The molecule has 7 heteroatoms. The molecular formula is C9H9F5N2. The lowest BCUT2D eigenvalue weighted by atomic mass is 10.1. The summed E-state index contributed by atoms with van der Waals surface area (Å²) >= 11 is 0. The maximum absolute atomic E-state index is 12.4. The van der Waals surface area contributed by atoms with Crippen LogP contribution in [0.3, 0.4) is 0 Å². The van der Waals surface area contributed by atoms with E-state index in [-0.39, 0.29) is 12.2 Å². The number of nitrogens with zero attached hydrogens (tertiary/aromatic N) is 1. The third-order valence-corrected chi connectivity index (χ3v) is 2.05. The quantitative estimate of drug-likeness (QED) is 0.824. The average Bonchev–Trinajstić information content (AvgIpc) is 2.17. The van der Waals surface area contributed by atoms with Gasteiger partial charge >= 0.3 is 6.18 Å². The number of nitrogens with two attached hydrogens (primary N) is 1. The van der Waals surface area contributed by atoms with E-state index in [0.717, 1.165) is 6.07 Å². The van der Waals surface area contributed by atoms with Crippen molar-refractivity contribution < 1.29 is 22.0 Å². The predicted molar refractivity (Wildman–Crippen MR) is 47.0 cm³/mol. The summed E-state index contributed by atoms with van der Waals surface area (Å²) in [5.41, 5.74) is 3.98. The van der Waals surface area contributed by atoms with Gasteiger partial charge in [-0.1, -0.05) is 0 Å². The minimum atomic E-state index is -4.52. The molecule has 0 saturated heterocycles. The molecule has 0 spiro atoms. The summed E-state index contributed by atoms with van der Waals surface area (Å²) in [4.78, 5) is 3.36. The highest BCUT2D eigenvalue weighted by atomic mass is 19.4. The third-order valence-electron chi connectivity index (χ3n) is 2.05. The van der Waals surface area contributed by atoms with Crippen molar-refractivity contribution in [3.05, 3.63) is 29.6 Å². The molecule has 16 heavy (non-hydrogen) atoms. The molecule has 0 aliphatic carbocycles. The van der Waals surface area contributed by atoms with Gasteiger partial charge in [0.2, 0.25) is 6.43 Å². The molecule has 1 heterocycles. The van der Waals surface area contributed by atoms with Gasteiger partial charge in [0.1, 0.15) is 0 Å². The molecule has 0 saturated carbocycles. The van der Waals surface area contributed by atoms with Crippen molar-refractivity contribution in [2.45, 2.75) is 18.5 Å². The number of aromatic nitrogens is 1. The SMILES string of the molecule is NCC(c1ccc(C(F)(F)F)cn1)C(F)F. The zero-order valence-corrected chi connectivity index (χ0v) is 8.01. The largest absolute Gasteiger partial charge is 0.417 e. The van der Waals surface area contributed by atoms with Crippen molar-refractivity contribution in [3.8, 4) is 0 Å². The van der Waals surface area contributed by atoms with Gasteiger partial charge < -0.3 is 5.73 Å². The summed E-state index contributed by atoms with van der Waals surface area (Å²) in [5, 5.41) is 0. The van der Waals surface area contributed by atoms with E-state index in [0.29, 0.717) is 12.3 Å². The highest BCUT2D eigenvalue weighted by molar-refractivity contribution is 5.19. The van der Waals surface area contributed by atoms with E-state index in [9.17, 15) is 22.0 Å². The van der Waals surface area contributed by atoms with E-state index in [1.807, 2.05) is 0 Å². The molecule has 1 aromatic rings. The number of halogens is 5. The molecule has 2 N–H and O–H groups in total. The lowest BCUT2D eigenvalue weighted by Gasteiger charge is -2.13. The molecule has 1 unspecified atom stereocenters. The van der Waals surface area contributed by atoms with Gasteiger partial charge in [-0.25, -0.2) is 8.78 Å². The van der Waals surface area contributed by atoms with Gasteiger partial charge in [0.25, 0.3) is 0 Å². The van der Waals surface area contributed by atoms with Crippen LogP contribution in [0, 0.1) is 0 Å². The topological polar surface area (TPSA) is 38.9 Å². The second-order valence-electron chi connectivity index (χ2n) is 3.15. The predicted octanol–water partition coefficient (Wildman–Crippen LogP) is 2.41. The van der Waals surface area contributed by atoms with E-state index in [4.69, 9.17) is 5.73 Å². The smallest absolute Gasteiger partial charge is 0.330 e. The monoisotopic (exact) mass is 240 g/mol. The van der Waals surface area contributed by atoms with E-state index in [2.05, 4.69) is 4.98 Å². The summed E-state index contributed by atoms with van der Waals surface area (Å²) < 4.78 is 61.2. The Morgan fingerprint density at radius 3 is 2.19 bits per heavy atom. The van der Waals surface area contributed by atoms with Gasteiger partial charge in [-0.15, -0.1) is 0 Å². The fourth-order valence-electron chi connectivity index (χ4n) is 1.15. The van der Waals surface area contributed by atoms with Crippen LogP contribution in [0.4, 0.5) is 22.0 Å². The molecule has 0 fully saturated rings. The van der Waals surface area contributed by atoms with Crippen molar-refractivity contribution in [2.24, 2.45) is 5.73 Å². The van der Waals surface area contributed by atoms with E-state index in [1.165, 1.54) is 0 Å². The van der Waals surface area contributed by atoms with Crippen LogP contribution in [0.2, 0.25) is 0 Å². The molecule has 90 valence electrons. The van der Waals surface area contributed by atoms with Gasteiger partial charge in [0, 0.05) is 12.7 Å². The maximum Gasteiger partial charge on any atom is 0.417 e. The Balaban J connectivity index is 2.94. The number of alkyl halides is 5. The van der Waals surface area contributed by atoms with Crippen molar-refractivity contribution in [3.63, 3.8) is 0 Å². The molecule has 1 aromatic heterocycles. The number of rotatable bonds is 3. The average molecular weight is 240 g/mol. The van der Waals surface area contributed by atoms with Crippen molar-refractivity contribution in [1.29, 1.82) is 0 Å². The minimum Gasteiger partial charge on any atom is -0.330 e. The molecule has 1 rings (SSSR count). The van der Waals surface area contributed by atoms with Gasteiger partial charge in [-0.05, 0) is 12.1 Å².